The molecule has 3 rings (SSSR count). The summed E-state index contributed by atoms with van der Waals surface area (Å²) in [6, 6.07) is 0. The van der Waals surface area contributed by atoms with Crippen LogP contribution in [0.1, 0.15) is 28.3 Å². The van der Waals surface area contributed by atoms with Gasteiger partial charge in [-0.15, -0.1) is 0 Å². The predicted octanol–water partition coefficient (Wildman–Crippen LogP) is 0.916. The van der Waals surface area contributed by atoms with Crippen LogP contribution < -0.4 is 10.2 Å². The van der Waals surface area contributed by atoms with Gasteiger partial charge in [-0.3, -0.25) is 4.79 Å². The Hall–Kier alpha value is -1.79. The van der Waals surface area contributed by atoms with Gasteiger partial charge in [-0.25, -0.2) is 18.7 Å². The van der Waals surface area contributed by atoms with Gasteiger partial charge in [-0.2, -0.15) is 0 Å². The molecule has 0 radical (unpaired) electrons. The quantitative estimate of drug-likeness (QED) is 0.822. The molecule has 1 amide bonds. The first-order valence-corrected chi connectivity index (χ1v) is 6.25. The van der Waals surface area contributed by atoms with E-state index in [9.17, 15) is 13.6 Å². The van der Waals surface area contributed by atoms with Crippen LogP contribution in [0, 0.1) is 6.92 Å². The average Bonchev–Trinajstić information content (AvgIpc) is 2.70. The molecule has 1 saturated heterocycles. The smallest absolute Gasteiger partial charge is 0.270 e. The molecule has 7 heteroatoms. The molecule has 0 saturated carbocycles. The topological polar surface area (TPSA) is 58.1 Å². The lowest BCUT2D eigenvalue weighted by atomic mass is 10.1. The summed E-state index contributed by atoms with van der Waals surface area (Å²) in [5.41, 5.74) is 1.01. The maximum absolute atomic E-state index is 13.3. The number of halogens is 2. The van der Waals surface area contributed by atoms with Gasteiger partial charge in [0.25, 0.3) is 11.8 Å². The molecular weight excluding hydrogens is 254 g/mol. The summed E-state index contributed by atoms with van der Waals surface area (Å²) >= 11 is 0. The third kappa shape index (κ3) is 2.13. The minimum absolute atomic E-state index is 0.170. The Bertz CT molecular complexity index is 547. The molecule has 0 spiro atoms. The minimum atomic E-state index is -2.68. The number of hydrogen-bond acceptors (Lipinski definition) is 4. The van der Waals surface area contributed by atoms with E-state index >= 15 is 0 Å². The highest BCUT2D eigenvalue weighted by atomic mass is 19.3. The fourth-order valence-corrected chi connectivity index (χ4v) is 2.56. The Morgan fingerprint density at radius 3 is 2.84 bits per heavy atom. The number of anilines is 1. The summed E-state index contributed by atoms with van der Waals surface area (Å²) in [7, 11) is 0. The fraction of sp³-hybridized carbons (Fsp3) is 0.583. The summed E-state index contributed by atoms with van der Waals surface area (Å²) in [6.45, 7) is 2.09. The molecule has 1 aromatic heterocycles. The van der Waals surface area contributed by atoms with Gasteiger partial charge in [0.1, 0.15) is 17.3 Å². The van der Waals surface area contributed by atoms with Gasteiger partial charge in [0, 0.05) is 25.1 Å². The Labute approximate surface area is 109 Å². The molecule has 0 unspecified atom stereocenters. The predicted molar refractivity (Wildman–Crippen MR) is 64.6 cm³/mol. The number of fused-ring (bicyclic) bond motifs is 1. The molecular formula is C12H14F2N4O. The Morgan fingerprint density at radius 1 is 1.37 bits per heavy atom. The van der Waals surface area contributed by atoms with E-state index in [1.165, 1.54) is 0 Å². The van der Waals surface area contributed by atoms with Gasteiger partial charge in [-0.05, 0) is 13.3 Å². The molecule has 3 heterocycles. The highest BCUT2D eigenvalue weighted by Crippen LogP contribution is 2.33. The number of aryl methyl sites for hydroxylation is 1. The van der Waals surface area contributed by atoms with E-state index in [1.807, 2.05) is 0 Å². The first-order chi connectivity index (χ1) is 8.96. The van der Waals surface area contributed by atoms with Gasteiger partial charge in [0.05, 0.1) is 6.54 Å². The van der Waals surface area contributed by atoms with Crippen molar-refractivity contribution in [2.24, 2.45) is 0 Å². The zero-order chi connectivity index (χ0) is 13.6. The zero-order valence-corrected chi connectivity index (χ0v) is 10.5. The van der Waals surface area contributed by atoms with Crippen molar-refractivity contribution >= 4 is 11.7 Å². The summed E-state index contributed by atoms with van der Waals surface area (Å²) in [5.74, 6) is -2.00. The highest BCUT2D eigenvalue weighted by Gasteiger charge is 2.40. The zero-order valence-electron chi connectivity index (χ0n) is 10.5. The second kappa shape index (κ2) is 4.11. The van der Waals surface area contributed by atoms with E-state index in [0.29, 0.717) is 35.9 Å². The van der Waals surface area contributed by atoms with Crippen molar-refractivity contribution in [2.45, 2.75) is 25.7 Å². The lowest BCUT2D eigenvalue weighted by molar-refractivity contribution is 0.0256. The largest absolute Gasteiger partial charge is 0.350 e. The molecule has 0 bridgehead atoms. The van der Waals surface area contributed by atoms with Crippen LogP contribution in [-0.2, 0) is 6.42 Å². The summed E-state index contributed by atoms with van der Waals surface area (Å²) in [6.07, 6.45) is 0.412. The van der Waals surface area contributed by atoms with E-state index in [2.05, 4.69) is 15.3 Å². The van der Waals surface area contributed by atoms with Crippen molar-refractivity contribution in [1.29, 1.82) is 0 Å². The number of hydrogen-bond donors (Lipinski definition) is 1. The van der Waals surface area contributed by atoms with Gasteiger partial charge in [0.2, 0.25) is 0 Å². The minimum Gasteiger partial charge on any atom is -0.350 e. The maximum Gasteiger partial charge on any atom is 0.270 e. The molecule has 19 heavy (non-hydrogen) atoms. The first kappa shape index (κ1) is 12.3. The molecule has 1 fully saturated rings. The summed E-state index contributed by atoms with van der Waals surface area (Å²) in [4.78, 5) is 21.7. The summed E-state index contributed by atoms with van der Waals surface area (Å²) < 4.78 is 26.7. The van der Waals surface area contributed by atoms with Crippen LogP contribution in [0.3, 0.4) is 0 Å². The average molecular weight is 268 g/mol. The first-order valence-electron chi connectivity index (χ1n) is 6.25. The van der Waals surface area contributed by atoms with E-state index in [1.54, 1.807) is 11.8 Å². The van der Waals surface area contributed by atoms with Crippen LogP contribution in [0.5, 0.6) is 0 Å². The molecule has 5 nitrogen and oxygen atoms in total. The number of amides is 1. The van der Waals surface area contributed by atoms with Gasteiger partial charge >= 0.3 is 0 Å². The monoisotopic (exact) mass is 268 g/mol. The third-order valence-corrected chi connectivity index (χ3v) is 3.44. The SMILES string of the molecule is Cc1nc2c(c(N3CCC(F)(F)C3)n1)CCNC2=O. The van der Waals surface area contributed by atoms with Crippen LogP contribution >= 0.6 is 0 Å². The molecule has 0 atom stereocenters. The molecule has 102 valence electrons. The van der Waals surface area contributed by atoms with E-state index < -0.39 is 5.92 Å². The second-order valence-corrected chi connectivity index (χ2v) is 4.95. The second-order valence-electron chi connectivity index (χ2n) is 4.95. The van der Waals surface area contributed by atoms with Crippen LogP contribution in [0.2, 0.25) is 0 Å². The normalized spacial score (nSPS) is 21.2. The number of carbonyl (C=O) groups is 1. The number of rotatable bonds is 1. The summed E-state index contributed by atoms with van der Waals surface area (Å²) in [5, 5.41) is 2.70. The molecule has 0 aromatic carbocycles. The van der Waals surface area contributed by atoms with Crippen molar-refractivity contribution in [1.82, 2.24) is 15.3 Å². The van der Waals surface area contributed by atoms with E-state index in [4.69, 9.17) is 0 Å². The lowest BCUT2D eigenvalue weighted by Crippen LogP contribution is -2.36. The molecule has 2 aliphatic heterocycles. The van der Waals surface area contributed by atoms with E-state index in [-0.39, 0.29) is 25.4 Å². The molecule has 0 aliphatic carbocycles. The van der Waals surface area contributed by atoms with Gasteiger partial charge in [0.15, 0.2) is 0 Å². The van der Waals surface area contributed by atoms with E-state index in [0.717, 1.165) is 0 Å². The maximum atomic E-state index is 13.3. The van der Waals surface area contributed by atoms with Crippen molar-refractivity contribution in [3.05, 3.63) is 17.1 Å². The Morgan fingerprint density at radius 2 is 2.16 bits per heavy atom. The number of carbonyl (C=O) groups excluding carboxylic acids is 1. The molecule has 2 aliphatic rings. The Kier molecular flexibility index (Phi) is 2.65. The highest BCUT2D eigenvalue weighted by molar-refractivity contribution is 5.96. The Balaban J connectivity index is 2.04. The molecule has 1 aromatic rings. The van der Waals surface area contributed by atoms with Crippen molar-refractivity contribution in [3.8, 4) is 0 Å². The number of nitrogens with one attached hydrogen (secondary N) is 1. The van der Waals surface area contributed by atoms with Crippen LogP contribution in [0.4, 0.5) is 14.6 Å². The van der Waals surface area contributed by atoms with Gasteiger partial charge < -0.3 is 10.2 Å². The third-order valence-electron chi connectivity index (χ3n) is 3.44. The van der Waals surface area contributed by atoms with Gasteiger partial charge in [-0.1, -0.05) is 0 Å². The van der Waals surface area contributed by atoms with Crippen LogP contribution in [0.25, 0.3) is 0 Å². The van der Waals surface area contributed by atoms with Crippen LogP contribution in [0.15, 0.2) is 0 Å². The van der Waals surface area contributed by atoms with Crippen molar-refractivity contribution < 1.29 is 13.6 Å². The standard InChI is InChI=1S/C12H14F2N4O/c1-7-16-9-8(2-4-15-11(9)19)10(17-7)18-5-3-12(13,14)6-18/h2-6H2,1H3,(H,15,19). The number of nitrogens with zero attached hydrogens (tertiary/aromatic N) is 3. The van der Waals surface area contributed by atoms with Crippen LogP contribution in [-0.4, -0.2) is 41.4 Å². The number of aromatic nitrogens is 2. The van der Waals surface area contributed by atoms with Crippen molar-refractivity contribution in [2.75, 3.05) is 24.5 Å². The number of alkyl halides is 2. The molecule has 1 N–H and O–H groups in total. The lowest BCUT2D eigenvalue weighted by Gasteiger charge is -2.24. The fourth-order valence-electron chi connectivity index (χ4n) is 2.56. The van der Waals surface area contributed by atoms with Crippen molar-refractivity contribution in [3.63, 3.8) is 0 Å².